The van der Waals surface area contributed by atoms with Crippen molar-refractivity contribution in [3.8, 4) is 5.75 Å². The number of hydrazine groups is 1. The van der Waals surface area contributed by atoms with Crippen LogP contribution in [0.4, 0.5) is 9.18 Å². The number of thioether (sulfide) groups is 1. The third-order valence-electron chi connectivity index (χ3n) is 5.46. The molecular formula is C24H31FN4O5S. The van der Waals surface area contributed by atoms with Crippen molar-refractivity contribution >= 4 is 41.0 Å². The van der Waals surface area contributed by atoms with Crippen LogP contribution in [0.15, 0.2) is 28.1 Å². The van der Waals surface area contributed by atoms with Crippen LogP contribution in [-0.2, 0) is 9.59 Å². The second-order valence-corrected chi connectivity index (χ2v) is 10.9. The van der Waals surface area contributed by atoms with Crippen molar-refractivity contribution in [2.24, 2.45) is 16.3 Å². The largest absolute Gasteiger partial charge is 0.480 e. The standard InChI is InChI=1S/C24H31FN4O5S/c1-14(13-24(2,3)4)19(21(31)32)27-23(33)34-17-12-16(25)8-7-15(17)11-18-20(30)28-22(35-18)29-10-6-5-9-26-29/h7-8,11-12,14,19,26H,5-6,9-10,13H2,1-4H3,(H,27,33)(H,31,32)/b18-11-. The molecule has 1 aromatic rings. The van der Waals surface area contributed by atoms with Gasteiger partial charge < -0.3 is 15.2 Å². The van der Waals surface area contributed by atoms with Crippen molar-refractivity contribution in [2.75, 3.05) is 13.1 Å². The van der Waals surface area contributed by atoms with Gasteiger partial charge >= 0.3 is 12.1 Å². The molecule has 1 aromatic carbocycles. The summed E-state index contributed by atoms with van der Waals surface area (Å²) in [4.78, 5) is 41.2. The number of carbonyl (C=O) groups excluding carboxylic acids is 2. The van der Waals surface area contributed by atoms with Gasteiger partial charge in [0.1, 0.15) is 17.6 Å². The highest BCUT2D eigenvalue weighted by Gasteiger charge is 2.31. The lowest BCUT2D eigenvalue weighted by molar-refractivity contribution is -0.140. The van der Waals surface area contributed by atoms with E-state index in [2.05, 4.69) is 15.7 Å². The van der Waals surface area contributed by atoms with E-state index in [1.54, 1.807) is 6.92 Å². The van der Waals surface area contributed by atoms with Crippen LogP contribution in [-0.4, -0.2) is 52.4 Å². The van der Waals surface area contributed by atoms with Crippen LogP contribution in [0.3, 0.4) is 0 Å². The lowest BCUT2D eigenvalue weighted by Crippen LogP contribution is -2.47. The van der Waals surface area contributed by atoms with E-state index in [9.17, 15) is 23.9 Å². The number of amides is 2. The lowest BCUT2D eigenvalue weighted by atomic mass is 9.82. The highest BCUT2D eigenvalue weighted by molar-refractivity contribution is 8.18. The van der Waals surface area contributed by atoms with Crippen LogP contribution in [0.2, 0.25) is 0 Å². The third-order valence-corrected chi connectivity index (χ3v) is 6.47. The molecule has 2 atom stereocenters. The van der Waals surface area contributed by atoms with Crippen LogP contribution in [0.5, 0.6) is 5.75 Å². The molecule has 1 saturated heterocycles. The number of carboxylic acid groups (broad SMARTS) is 1. The molecular weight excluding hydrogens is 475 g/mol. The summed E-state index contributed by atoms with van der Waals surface area (Å²) >= 11 is 1.17. The summed E-state index contributed by atoms with van der Waals surface area (Å²) in [7, 11) is 0. The van der Waals surface area contributed by atoms with Gasteiger partial charge in [0.2, 0.25) is 0 Å². The van der Waals surface area contributed by atoms with Crippen LogP contribution < -0.4 is 15.5 Å². The van der Waals surface area contributed by atoms with Crippen LogP contribution in [0.25, 0.3) is 6.08 Å². The van der Waals surface area contributed by atoms with Gasteiger partial charge in [-0.3, -0.25) is 9.80 Å². The zero-order valence-electron chi connectivity index (χ0n) is 20.3. The van der Waals surface area contributed by atoms with E-state index < -0.39 is 29.8 Å². The normalized spacial score (nSPS) is 19.3. The average Bonchev–Trinajstić information content (AvgIpc) is 3.13. The summed E-state index contributed by atoms with van der Waals surface area (Å²) < 4.78 is 19.3. The summed E-state index contributed by atoms with van der Waals surface area (Å²) in [5.41, 5.74) is 3.33. The Morgan fingerprint density at radius 2 is 2.11 bits per heavy atom. The first-order valence-electron chi connectivity index (χ1n) is 11.5. The fraction of sp³-hybridized carbons (Fsp3) is 0.500. The second-order valence-electron chi connectivity index (χ2n) is 9.85. The number of amidine groups is 1. The Hall–Kier alpha value is -2.92. The van der Waals surface area contributed by atoms with Gasteiger partial charge in [0.25, 0.3) is 5.91 Å². The molecule has 2 amide bonds. The van der Waals surface area contributed by atoms with Crippen molar-refractivity contribution in [1.29, 1.82) is 0 Å². The third kappa shape index (κ3) is 7.53. The molecule has 35 heavy (non-hydrogen) atoms. The van der Waals surface area contributed by atoms with E-state index in [1.807, 2.05) is 25.8 Å². The van der Waals surface area contributed by atoms with Crippen LogP contribution in [0, 0.1) is 17.2 Å². The molecule has 0 spiro atoms. The first-order chi connectivity index (χ1) is 16.4. The minimum Gasteiger partial charge on any atom is -0.480 e. The number of ether oxygens (including phenoxy) is 1. The number of hydrogen-bond donors (Lipinski definition) is 3. The van der Waals surface area contributed by atoms with Crippen LogP contribution >= 0.6 is 11.8 Å². The Kier molecular flexibility index (Phi) is 8.55. The maximum Gasteiger partial charge on any atom is 0.413 e. The van der Waals surface area contributed by atoms with Gasteiger partial charge in [-0.15, -0.1) is 0 Å². The highest BCUT2D eigenvalue weighted by atomic mass is 32.2. The number of halogens is 1. The average molecular weight is 507 g/mol. The summed E-state index contributed by atoms with van der Waals surface area (Å²) in [6.45, 7) is 9.20. The van der Waals surface area contributed by atoms with Crippen molar-refractivity contribution < 1.29 is 28.6 Å². The van der Waals surface area contributed by atoms with E-state index >= 15 is 0 Å². The van der Waals surface area contributed by atoms with Crippen molar-refractivity contribution in [2.45, 2.75) is 53.0 Å². The molecule has 2 heterocycles. The van der Waals surface area contributed by atoms with E-state index in [4.69, 9.17) is 4.74 Å². The fourth-order valence-corrected chi connectivity index (χ4v) is 4.92. The summed E-state index contributed by atoms with van der Waals surface area (Å²) in [6, 6.07) is 2.39. The first-order valence-corrected chi connectivity index (χ1v) is 12.3. The predicted octanol–water partition coefficient (Wildman–Crippen LogP) is 4.01. The maximum atomic E-state index is 14.0. The molecule has 0 bridgehead atoms. The van der Waals surface area contributed by atoms with Gasteiger partial charge in [0.05, 0.1) is 4.91 Å². The van der Waals surface area contributed by atoms with Gasteiger partial charge in [-0.2, -0.15) is 4.99 Å². The van der Waals surface area contributed by atoms with Crippen molar-refractivity contribution in [3.05, 3.63) is 34.5 Å². The number of nitrogens with zero attached hydrogens (tertiary/aromatic N) is 2. The van der Waals surface area contributed by atoms with Gasteiger partial charge in [-0.1, -0.05) is 27.7 Å². The number of carbonyl (C=O) groups is 3. The minimum atomic E-state index is -1.19. The smallest absolute Gasteiger partial charge is 0.413 e. The van der Waals surface area contributed by atoms with E-state index in [-0.39, 0.29) is 22.6 Å². The number of aliphatic carboxylic acids is 1. The molecule has 2 aliphatic rings. The Bertz CT molecular complexity index is 1050. The predicted molar refractivity (Wildman–Crippen MR) is 132 cm³/mol. The zero-order chi connectivity index (χ0) is 25.8. The summed E-state index contributed by atoms with van der Waals surface area (Å²) in [5, 5.41) is 14.3. The monoisotopic (exact) mass is 506 g/mol. The van der Waals surface area contributed by atoms with E-state index in [0.717, 1.165) is 32.0 Å². The van der Waals surface area contributed by atoms with E-state index in [1.165, 1.54) is 30.0 Å². The number of benzene rings is 1. The lowest BCUT2D eigenvalue weighted by Gasteiger charge is -2.28. The topological polar surface area (TPSA) is 120 Å². The Morgan fingerprint density at radius 1 is 1.37 bits per heavy atom. The summed E-state index contributed by atoms with van der Waals surface area (Å²) in [6.07, 6.45) is 3.03. The molecule has 3 N–H and O–H groups in total. The molecule has 1 fully saturated rings. The molecule has 190 valence electrons. The fourth-order valence-electron chi connectivity index (χ4n) is 4.01. The second kappa shape index (κ2) is 11.2. The molecule has 0 aromatic heterocycles. The number of aliphatic imine (C=N–C) groups is 1. The van der Waals surface area contributed by atoms with Crippen LogP contribution in [0.1, 0.15) is 52.5 Å². The Morgan fingerprint density at radius 3 is 2.74 bits per heavy atom. The first kappa shape index (κ1) is 26.7. The molecule has 11 heteroatoms. The summed E-state index contributed by atoms with van der Waals surface area (Å²) in [5.74, 6) is -2.80. The molecule has 0 aliphatic carbocycles. The molecule has 2 aliphatic heterocycles. The Balaban J connectivity index is 1.74. The quantitative estimate of drug-likeness (QED) is 0.495. The van der Waals surface area contributed by atoms with Gasteiger partial charge in [-0.05, 0) is 60.6 Å². The maximum absolute atomic E-state index is 14.0. The van der Waals surface area contributed by atoms with E-state index in [0.29, 0.717) is 16.5 Å². The number of nitrogens with one attached hydrogen (secondary N) is 2. The molecule has 0 saturated carbocycles. The molecule has 9 nitrogen and oxygen atoms in total. The number of carboxylic acids is 1. The molecule has 2 unspecified atom stereocenters. The number of hydrogen-bond acceptors (Lipinski definition) is 7. The number of rotatable bonds is 6. The molecule has 3 rings (SSSR count). The highest BCUT2D eigenvalue weighted by Crippen LogP contribution is 2.33. The van der Waals surface area contributed by atoms with Crippen molar-refractivity contribution in [1.82, 2.24) is 15.8 Å². The van der Waals surface area contributed by atoms with Gasteiger partial charge in [0.15, 0.2) is 5.17 Å². The molecule has 0 radical (unpaired) electrons. The zero-order valence-corrected chi connectivity index (χ0v) is 21.1. The van der Waals surface area contributed by atoms with Gasteiger partial charge in [-0.25, -0.2) is 19.4 Å². The SMILES string of the molecule is CC(CC(C)(C)C)C(NC(=O)Oc1cc(F)ccc1/C=C1\SC(N2CCCCN2)=NC1=O)C(=O)O. The van der Waals surface area contributed by atoms with Crippen molar-refractivity contribution in [3.63, 3.8) is 0 Å². The minimum absolute atomic E-state index is 0.138. The Labute approximate surface area is 208 Å². The van der Waals surface area contributed by atoms with Gasteiger partial charge in [0, 0.05) is 24.7 Å².